The molecule has 0 unspecified atom stereocenters. The van der Waals surface area contributed by atoms with Gasteiger partial charge in [-0.25, -0.2) is 0 Å². The fourth-order valence-corrected chi connectivity index (χ4v) is 2.11. The summed E-state index contributed by atoms with van der Waals surface area (Å²) in [6.07, 6.45) is 0. The van der Waals surface area contributed by atoms with Gasteiger partial charge in [0.1, 0.15) is 12.4 Å². The standard InChI is InChI=1S/C15H24BrNO/c1-12(2)11-17(13(3)4)9-10-18-15-7-5-14(16)6-8-15/h5-8,12-13H,9-11H2,1-4H3. The summed E-state index contributed by atoms with van der Waals surface area (Å²) in [5.41, 5.74) is 0. The minimum absolute atomic E-state index is 0.570. The predicted octanol–water partition coefficient (Wildman–Crippen LogP) is 4.19. The monoisotopic (exact) mass is 313 g/mol. The van der Waals surface area contributed by atoms with Crippen molar-refractivity contribution in [2.75, 3.05) is 19.7 Å². The van der Waals surface area contributed by atoms with Crippen LogP contribution in [-0.4, -0.2) is 30.6 Å². The van der Waals surface area contributed by atoms with Gasteiger partial charge in [0.05, 0.1) is 0 Å². The Morgan fingerprint density at radius 1 is 1.11 bits per heavy atom. The molecule has 0 aliphatic carbocycles. The molecule has 0 amide bonds. The van der Waals surface area contributed by atoms with Gasteiger partial charge in [-0.3, -0.25) is 4.90 Å². The lowest BCUT2D eigenvalue weighted by Crippen LogP contribution is -2.37. The molecule has 0 saturated carbocycles. The van der Waals surface area contributed by atoms with Crippen molar-refractivity contribution in [2.45, 2.75) is 33.7 Å². The van der Waals surface area contributed by atoms with E-state index in [-0.39, 0.29) is 0 Å². The second kappa shape index (κ2) is 7.80. The van der Waals surface area contributed by atoms with Crippen LogP contribution in [0.4, 0.5) is 0 Å². The van der Waals surface area contributed by atoms with E-state index >= 15 is 0 Å². The Balaban J connectivity index is 2.36. The lowest BCUT2D eigenvalue weighted by molar-refractivity contribution is 0.160. The van der Waals surface area contributed by atoms with E-state index in [1.807, 2.05) is 24.3 Å². The van der Waals surface area contributed by atoms with Crippen LogP contribution in [0.5, 0.6) is 5.75 Å². The Kier molecular flexibility index (Phi) is 6.72. The van der Waals surface area contributed by atoms with Crippen molar-refractivity contribution < 1.29 is 4.74 Å². The van der Waals surface area contributed by atoms with Crippen LogP contribution >= 0.6 is 15.9 Å². The van der Waals surface area contributed by atoms with Crippen LogP contribution in [0.3, 0.4) is 0 Å². The molecule has 0 aliphatic heterocycles. The molecule has 18 heavy (non-hydrogen) atoms. The Hall–Kier alpha value is -0.540. The summed E-state index contributed by atoms with van der Waals surface area (Å²) in [6.45, 7) is 11.8. The van der Waals surface area contributed by atoms with E-state index in [2.05, 4.69) is 48.5 Å². The molecule has 1 aromatic rings. The van der Waals surface area contributed by atoms with E-state index in [9.17, 15) is 0 Å². The molecule has 0 radical (unpaired) electrons. The van der Waals surface area contributed by atoms with E-state index in [0.29, 0.717) is 12.0 Å². The fourth-order valence-electron chi connectivity index (χ4n) is 1.84. The van der Waals surface area contributed by atoms with E-state index in [1.54, 1.807) is 0 Å². The van der Waals surface area contributed by atoms with Gasteiger partial charge in [-0.1, -0.05) is 29.8 Å². The largest absolute Gasteiger partial charge is 0.492 e. The Labute approximate surface area is 119 Å². The molecule has 1 rings (SSSR count). The zero-order valence-electron chi connectivity index (χ0n) is 11.8. The smallest absolute Gasteiger partial charge is 0.119 e. The summed E-state index contributed by atoms with van der Waals surface area (Å²) in [5, 5.41) is 0. The highest BCUT2D eigenvalue weighted by Gasteiger charge is 2.10. The second-order valence-electron chi connectivity index (χ2n) is 5.28. The van der Waals surface area contributed by atoms with Crippen molar-refractivity contribution in [2.24, 2.45) is 5.92 Å². The van der Waals surface area contributed by atoms with Crippen molar-refractivity contribution in [3.8, 4) is 5.75 Å². The first-order valence-electron chi connectivity index (χ1n) is 6.61. The first-order chi connectivity index (χ1) is 8.49. The van der Waals surface area contributed by atoms with Gasteiger partial charge < -0.3 is 4.74 Å². The van der Waals surface area contributed by atoms with Gasteiger partial charge in [-0.2, -0.15) is 0 Å². The highest BCUT2D eigenvalue weighted by Crippen LogP contribution is 2.16. The highest BCUT2D eigenvalue weighted by molar-refractivity contribution is 9.10. The molecule has 0 saturated heterocycles. The molecule has 0 heterocycles. The first kappa shape index (κ1) is 15.5. The Bertz CT molecular complexity index is 335. The van der Waals surface area contributed by atoms with E-state index in [1.165, 1.54) is 0 Å². The van der Waals surface area contributed by atoms with Crippen molar-refractivity contribution in [3.05, 3.63) is 28.7 Å². The molecular weight excluding hydrogens is 290 g/mol. The van der Waals surface area contributed by atoms with Crippen molar-refractivity contribution in [3.63, 3.8) is 0 Å². The quantitative estimate of drug-likeness (QED) is 0.748. The molecule has 0 N–H and O–H groups in total. The van der Waals surface area contributed by atoms with Crippen LogP contribution in [-0.2, 0) is 0 Å². The Morgan fingerprint density at radius 2 is 1.72 bits per heavy atom. The topological polar surface area (TPSA) is 12.5 Å². The number of ether oxygens (including phenoxy) is 1. The van der Waals surface area contributed by atoms with Gasteiger partial charge >= 0.3 is 0 Å². The molecule has 3 heteroatoms. The van der Waals surface area contributed by atoms with Gasteiger partial charge in [0.15, 0.2) is 0 Å². The maximum Gasteiger partial charge on any atom is 0.119 e. The summed E-state index contributed by atoms with van der Waals surface area (Å²) >= 11 is 3.42. The van der Waals surface area contributed by atoms with Gasteiger partial charge in [0, 0.05) is 23.6 Å². The number of nitrogens with zero attached hydrogens (tertiary/aromatic N) is 1. The summed E-state index contributed by atoms with van der Waals surface area (Å²) in [4.78, 5) is 2.46. The van der Waals surface area contributed by atoms with Gasteiger partial charge in [-0.05, 0) is 44.0 Å². The third kappa shape index (κ3) is 5.87. The SMILES string of the molecule is CC(C)CN(CCOc1ccc(Br)cc1)C(C)C. The molecular formula is C15H24BrNO. The Morgan fingerprint density at radius 3 is 2.22 bits per heavy atom. The summed E-state index contributed by atoms with van der Waals surface area (Å²) in [6, 6.07) is 8.56. The van der Waals surface area contributed by atoms with Gasteiger partial charge in [0.25, 0.3) is 0 Å². The maximum atomic E-state index is 5.76. The molecule has 0 fully saturated rings. The number of rotatable bonds is 7. The summed E-state index contributed by atoms with van der Waals surface area (Å²) in [5.74, 6) is 1.63. The van der Waals surface area contributed by atoms with Crippen LogP contribution in [0.25, 0.3) is 0 Å². The normalized spacial score (nSPS) is 11.6. The van der Waals surface area contributed by atoms with Crippen molar-refractivity contribution >= 4 is 15.9 Å². The lowest BCUT2D eigenvalue weighted by atomic mass is 10.2. The number of hydrogen-bond donors (Lipinski definition) is 0. The molecule has 0 atom stereocenters. The van der Waals surface area contributed by atoms with Crippen LogP contribution in [0, 0.1) is 5.92 Å². The van der Waals surface area contributed by atoms with Crippen LogP contribution in [0.15, 0.2) is 28.7 Å². The third-order valence-electron chi connectivity index (χ3n) is 2.79. The first-order valence-corrected chi connectivity index (χ1v) is 7.40. The number of halogens is 1. The fraction of sp³-hybridized carbons (Fsp3) is 0.600. The average Bonchev–Trinajstić information content (AvgIpc) is 2.29. The van der Waals surface area contributed by atoms with Crippen molar-refractivity contribution in [1.29, 1.82) is 0 Å². The number of benzene rings is 1. The zero-order valence-corrected chi connectivity index (χ0v) is 13.4. The summed E-state index contributed by atoms with van der Waals surface area (Å²) in [7, 11) is 0. The molecule has 0 aromatic heterocycles. The van der Waals surface area contributed by atoms with Crippen LogP contribution in [0.1, 0.15) is 27.7 Å². The molecule has 1 aromatic carbocycles. The molecule has 0 aliphatic rings. The molecule has 0 spiro atoms. The van der Waals surface area contributed by atoms with Crippen LogP contribution < -0.4 is 4.74 Å². The molecule has 2 nitrogen and oxygen atoms in total. The predicted molar refractivity (Wildman–Crippen MR) is 81.2 cm³/mol. The van der Waals surface area contributed by atoms with Gasteiger partial charge in [-0.15, -0.1) is 0 Å². The third-order valence-corrected chi connectivity index (χ3v) is 3.32. The van der Waals surface area contributed by atoms with Gasteiger partial charge in [0.2, 0.25) is 0 Å². The average molecular weight is 314 g/mol. The lowest BCUT2D eigenvalue weighted by Gasteiger charge is -2.28. The van der Waals surface area contributed by atoms with E-state index < -0.39 is 0 Å². The zero-order chi connectivity index (χ0) is 13.5. The van der Waals surface area contributed by atoms with E-state index in [4.69, 9.17) is 4.74 Å². The minimum atomic E-state index is 0.570. The van der Waals surface area contributed by atoms with Crippen molar-refractivity contribution in [1.82, 2.24) is 4.90 Å². The molecule has 0 bridgehead atoms. The maximum absolute atomic E-state index is 5.76. The highest BCUT2D eigenvalue weighted by atomic mass is 79.9. The van der Waals surface area contributed by atoms with E-state index in [0.717, 1.165) is 29.9 Å². The number of hydrogen-bond acceptors (Lipinski definition) is 2. The molecule has 102 valence electrons. The second-order valence-corrected chi connectivity index (χ2v) is 6.20. The van der Waals surface area contributed by atoms with Crippen LogP contribution in [0.2, 0.25) is 0 Å². The minimum Gasteiger partial charge on any atom is -0.492 e. The summed E-state index contributed by atoms with van der Waals surface area (Å²) < 4.78 is 6.84.